The minimum absolute atomic E-state index is 0.0826. The highest BCUT2D eigenvalue weighted by Gasteiger charge is 2.29. The Labute approximate surface area is 183 Å². The summed E-state index contributed by atoms with van der Waals surface area (Å²) in [4.78, 5) is 21.9. The molecule has 2 rings (SSSR count). The van der Waals surface area contributed by atoms with Crippen LogP contribution in [0.4, 0.5) is 0 Å². The first-order valence-electron chi connectivity index (χ1n) is 12.2. The number of aliphatic hydroxyl groups is 1. The molecule has 0 aromatic heterocycles. The molecule has 2 fully saturated rings. The first kappa shape index (κ1) is 24.9. The van der Waals surface area contributed by atoms with Crippen LogP contribution in [0.1, 0.15) is 65.7 Å². The summed E-state index contributed by atoms with van der Waals surface area (Å²) in [6, 6.07) is 0. The highest BCUT2D eigenvalue weighted by molar-refractivity contribution is 5.80. The van der Waals surface area contributed by atoms with Gasteiger partial charge in [-0.3, -0.25) is 14.7 Å². The van der Waals surface area contributed by atoms with E-state index in [1.807, 2.05) is 0 Å². The summed E-state index contributed by atoms with van der Waals surface area (Å²) in [5.74, 6) is 1.54. The van der Waals surface area contributed by atoms with Gasteiger partial charge in [0, 0.05) is 64.9 Å². The van der Waals surface area contributed by atoms with Gasteiger partial charge < -0.3 is 20.6 Å². The van der Waals surface area contributed by atoms with Crippen molar-refractivity contribution in [2.75, 3.05) is 59.0 Å². The molecule has 0 unspecified atom stereocenters. The van der Waals surface area contributed by atoms with Crippen molar-refractivity contribution in [3.63, 3.8) is 0 Å². The summed E-state index contributed by atoms with van der Waals surface area (Å²) < 4.78 is 0. The second-order valence-corrected chi connectivity index (χ2v) is 8.95. The molecule has 174 valence electrons. The van der Waals surface area contributed by atoms with Crippen LogP contribution in [0.5, 0.6) is 0 Å². The second kappa shape index (κ2) is 13.2. The number of carbonyl (C=O) groups excluding carboxylic acids is 1. The van der Waals surface area contributed by atoms with Crippen molar-refractivity contribution in [2.45, 2.75) is 65.7 Å². The number of aliphatic imine (C=N–C) groups is 1. The smallest absolute Gasteiger partial charge is 0.225 e. The Hall–Kier alpha value is -1.34. The minimum atomic E-state index is 0.0826. The number of rotatable bonds is 11. The normalized spacial score (nSPS) is 19.3. The molecule has 1 amide bonds. The molecule has 1 heterocycles. The fraction of sp³-hybridized carbons (Fsp3) is 0.913. The van der Waals surface area contributed by atoms with Crippen LogP contribution in [-0.4, -0.2) is 85.7 Å². The molecule has 0 spiro atoms. The van der Waals surface area contributed by atoms with E-state index in [4.69, 9.17) is 4.99 Å². The number of piperazine rings is 1. The van der Waals surface area contributed by atoms with Gasteiger partial charge >= 0.3 is 0 Å². The minimum Gasteiger partial charge on any atom is -0.396 e. The molecule has 1 saturated carbocycles. The van der Waals surface area contributed by atoms with E-state index < -0.39 is 0 Å². The molecule has 0 atom stereocenters. The van der Waals surface area contributed by atoms with Crippen molar-refractivity contribution < 1.29 is 9.90 Å². The predicted molar refractivity (Wildman–Crippen MR) is 124 cm³/mol. The molecule has 0 aromatic rings. The zero-order valence-corrected chi connectivity index (χ0v) is 19.6. The van der Waals surface area contributed by atoms with Crippen LogP contribution in [-0.2, 0) is 4.79 Å². The number of nitrogens with one attached hydrogen (secondary N) is 2. The lowest BCUT2D eigenvalue weighted by Crippen LogP contribution is -2.52. The Morgan fingerprint density at radius 2 is 1.73 bits per heavy atom. The van der Waals surface area contributed by atoms with Crippen molar-refractivity contribution in [2.24, 2.45) is 16.3 Å². The zero-order valence-electron chi connectivity index (χ0n) is 19.6. The number of hydrogen-bond donors (Lipinski definition) is 3. The Bertz CT molecular complexity index is 522. The number of amides is 1. The van der Waals surface area contributed by atoms with Crippen LogP contribution >= 0.6 is 0 Å². The van der Waals surface area contributed by atoms with E-state index in [1.54, 1.807) is 0 Å². The van der Waals surface area contributed by atoms with E-state index >= 15 is 0 Å². The van der Waals surface area contributed by atoms with Crippen LogP contribution in [0.3, 0.4) is 0 Å². The number of nitrogens with zero attached hydrogens (tertiary/aromatic N) is 3. The molecular formula is C23H45N5O2. The molecule has 0 bridgehead atoms. The van der Waals surface area contributed by atoms with Gasteiger partial charge in [0.2, 0.25) is 5.91 Å². The standard InChI is InChI=1S/C23H45N5O2/c1-4-23(5-2,11-18-29)19-26-22(24-6-3)25-12-13-27-14-16-28(17-15-27)21(30)20-9-7-8-10-20/h20,29H,4-19H2,1-3H3,(H2,24,25,26). The molecule has 30 heavy (non-hydrogen) atoms. The Morgan fingerprint density at radius 3 is 2.30 bits per heavy atom. The summed E-state index contributed by atoms with van der Waals surface area (Å²) in [5, 5.41) is 16.2. The van der Waals surface area contributed by atoms with Gasteiger partial charge in [-0.2, -0.15) is 0 Å². The SMILES string of the molecule is CCNC(=NCC(CC)(CC)CCO)NCCN1CCN(C(=O)C2CCCC2)CC1. The van der Waals surface area contributed by atoms with E-state index in [0.29, 0.717) is 11.8 Å². The molecule has 1 aliphatic heterocycles. The highest BCUT2D eigenvalue weighted by atomic mass is 16.3. The molecule has 0 radical (unpaired) electrons. The number of hydrogen-bond acceptors (Lipinski definition) is 4. The van der Waals surface area contributed by atoms with E-state index in [0.717, 1.165) is 90.4 Å². The van der Waals surface area contributed by atoms with Gasteiger partial charge in [-0.15, -0.1) is 0 Å². The van der Waals surface area contributed by atoms with Crippen LogP contribution in [0, 0.1) is 11.3 Å². The molecule has 7 heteroatoms. The maximum absolute atomic E-state index is 12.6. The van der Waals surface area contributed by atoms with Gasteiger partial charge in [-0.25, -0.2) is 0 Å². The van der Waals surface area contributed by atoms with E-state index in [-0.39, 0.29) is 12.0 Å². The van der Waals surface area contributed by atoms with E-state index in [2.05, 4.69) is 41.2 Å². The van der Waals surface area contributed by atoms with Crippen LogP contribution in [0.15, 0.2) is 4.99 Å². The van der Waals surface area contributed by atoms with Gasteiger partial charge in [0.05, 0.1) is 0 Å². The van der Waals surface area contributed by atoms with Crippen molar-refractivity contribution >= 4 is 11.9 Å². The third-order valence-electron chi connectivity index (χ3n) is 7.17. The highest BCUT2D eigenvalue weighted by Crippen LogP contribution is 2.30. The van der Waals surface area contributed by atoms with Crippen molar-refractivity contribution in [1.29, 1.82) is 0 Å². The van der Waals surface area contributed by atoms with Crippen LogP contribution in [0.2, 0.25) is 0 Å². The lowest BCUT2D eigenvalue weighted by Gasteiger charge is -2.36. The van der Waals surface area contributed by atoms with Crippen molar-refractivity contribution in [3.05, 3.63) is 0 Å². The van der Waals surface area contributed by atoms with E-state index in [9.17, 15) is 9.90 Å². The summed E-state index contributed by atoms with van der Waals surface area (Å²) in [5.41, 5.74) is 0.0826. The molecular weight excluding hydrogens is 378 g/mol. The second-order valence-electron chi connectivity index (χ2n) is 8.95. The average molecular weight is 424 g/mol. The Morgan fingerprint density at radius 1 is 1.07 bits per heavy atom. The summed E-state index contributed by atoms with van der Waals surface area (Å²) >= 11 is 0. The first-order chi connectivity index (χ1) is 14.6. The van der Waals surface area contributed by atoms with Gasteiger partial charge in [0.1, 0.15) is 0 Å². The molecule has 3 N–H and O–H groups in total. The van der Waals surface area contributed by atoms with Crippen molar-refractivity contribution in [3.8, 4) is 0 Å². The fourth-order valence-corrected chi connectivity index (χ4v) is 4.69. The molecule has 0 aromatic carbocycles. The molecule has 1 aliphatic carbocycles. The molecule has 7 nitrogen and oxygen atoms in total. The van der Waals surface area contributed by atoms with Gasteiger partial charge in [0.25, 0.3) is 0 Å². The fourth-order valence-electron chi connectivity index (χ4n) is 4.69. The van der Waals surface area contributed by atoms with Gasteiger partial charge in [-0.1, -0.05) is 26.7 Å². The Balaban J connectivity index is 1.74. The third-order valence-corrected chi connectivity index (χ3v) is 7.17. The maximum atomic E-state index is 12.6. The maximum Gasteiger partial charge on any atom is 0.225 e. The first-order valence-corrected chi connectivity index (χ1v) is 12.2. The number of aliphatic hydroxyl groups excluding tert-OH is 1. The molecule has 1 saturated heterocycles. The van der Waals surface area contributed by atoms with Crippen molar-refractivity contribution in [1.82, 2.24) is 20.4 Å². The van der Waals surface area contributed by atoms with E-state index in [1.165, 1.54) is 12.8 Å². The lowest BCUT2D eigenvalue weighted by molar-refractivity contribution is -0.137. The van der Waals surface area contributed by atoms with Crippen LogP contribution < -0.4 is 10.6 Å². The third kappa shape index (κ3) is 7.41. The van der Waals surface area contributed by atoms with Gasteiger partial charge in [-0.05, 0) is 44.4 Å². The zero-order chi connectivity index (χ0) is 21.8. The summed E-state index contributed by atoms with van der Waals surface area (Å²) in [7, 11) is 0. The predicted octanol–water partition coefficient (Wildman–Crippen LogP) is 2.06. The topological polar surface area (TPSA) is 80.2 Å². The summed E-state index contributed by atoms with van der Waals surface area (Å²) in [6.07, 6.45) is 7.46. The average Bonchev–Trinajstić information content (AvgIpc) is 3.31. The number of carbonyl (C=O) groups is 1. The molecule has 2 aliphatic rings. The van der Waals surface area contributed by atoms with Crippen LogP contribution in [0.25, 0.3) is 0 Å². The van der Waals surface area contributed by atoms with Gasteiger partial charge in [0.15, 0.2) is 5.96 Å². The lowest BCUT2D eigenvalue weighted by atomic mass is 9.79. The Kier molecular flexibility index (Phi) is 10.9. The monoisotopic (exact) mass is 423 g/mol. The number of guanidine groups is 1. The largest absolute Gasteiger partial charge is 0.396 e. The quantitative estimate of drug-likeness (QED) is 0.350. The summed E-state index contributed by atoms with van der Waals surface area (Å²) in [6.45, 7) is 13.7.